The molecule has 0 unspecified atom stereocenters. The van der Waals surface area contributed by atoms with E-state index in [9.17, 15) is 19.5 Å². The van der Waals surface area contributed by atoms with Crippen LogP contribution in [0.4, 0.5) is 5.00 Å². The van der Waals surface area contributed by atoms with E-state index in [0.29, 0.717) is 22.0 Å². The first-order valence-corrected chi connectivity index (χ1v) is 11.0. The minimum atomic E-state index is -0.985. The van der Waals surface area contributed by atoms with Crippen molar-refractivity contribution in [1.29, 1.82) is 0 Å². The molecule has 0 spiro atoms. The average molecular weight is 460 g/mol. The maximum atomic E-state index is 12.5. The molecule has 0 saturated carbocycles. The summed E-state index contributed by atoms with van der Waals surface area (Å²) < 4.78 is 10.2. The number of hydrogen-bond donors (Lipinski definition) is 3. The fourth-order valence-corrected chi connectivity index (χ4v) is 4.80. The van der Waals surface area contributed by atoms with Crippen LogP contribution in [-0.4, -0.2) is 42.8 Å². The molecule has 3 N–H and O–H groups in total. The molecule has 10 heteroatoms. The normalized spacial score (nSPS) is 15.2. The van der Waals surface area contributed by atoms with Gasteiger partial charge in [0.15, 0.2) is 11.5 Å². The number of carbonyl (C=O) groups excluding carboxylic acids is 3. The second-order valence-electron chi connectivity index (χ2n) is 7.36. The van der Waals surface area contributed by atoms with Gasteiger partial charge in [-0.25, -0.2) is 10.2 Å². The number of benzene rings is 1. The Labute approximate surface area is 189 Å². The minimum Gasteiger partial charge on any atom is -0.504 e. The van der Waals surface area contributed by atoms with E-state index in [2.05, 4.69) is 22.8 Å². The summed E-state index contributed by atoms with van der Waals surface area (Å²) in [5.41, 5.74) is 3.92. The van der Waals surface area contributed by atoms with Crippen LogP contribution in [0.1, 0.15) is 46.6 Å². The SMILES string of the molecule is CCOC(=O)c1c(NC(=O)C(=O)N/N=C\c2ccc(O)c(OC)c2)sc2c1CC[C@@H](C)C2. The molecule has 1 aliphatic carbocycles. The highest BCUT2D eigenvalue weighted by Crippen LogP contribution is 2.40. The Morgan fingerprint density at radius 2 is 2.09 bits per heavy atom. The van der Waals surface area contributed by atoms with Gasteiger partial charge in [-0.2, -0.15) is 5.10 Å². The third-order valence-corrected chi connectivity index (χ3v) is 6.18. The fraction of sp³-hybridized carbons (Fsp3) is 0.364. The van der Waals surface area contributed by atoms with Crippen LogP contribution in [0.5, 0.6) is 11.5 Å². The molecular formula is C22H25N3O6S. The summed E-state index contributed by atoms with van der Waals surface area (Å²) in [5, 5.41) is 16.2. The topological polar surface area (TPSA) is 126 Å². The van der Waals surface area contributed by atoms with Crippen LogP contribution >= 0.6 is 11.3 Å². The summed E-state index contributed by atoms with van der Waals surface area (Å²) in [6.45, 7) is 4.07. The molecule has 0 radical (unpaired) electrons. The van der Waals surface area contributed by atoms with Gasteiger partial charge in [0, 0.05) is 4.88 Å². The first-order valence-electron chi connectivity index (χ1n) is 10.2. The van der Waals surface area contributed by atoms with E-state index in [0.717, 1.165) is 29.7 Å². The fourth-order valence-electron chi connectivity index (χ4n) is 3.41. The van der Waals surface area contributed by atoms with Gasteiger partial charge in [-0.05, 0) is 61.4 Å². The molecule has 32 heavy (non-hydrogen) atoms. The maximum Gasteiger partial charge on any atom is 0.341 e. The molecule has 9 nitrogen and oxygen atoms in total. The van der Waals surface area contributed by atoms with Crippen LogP contribution in [0, 0.1) is 5.92 Å². The number of nitrogens with one attached hydrogen (secondary N) is 2. The number of fused-ring (bicyclic) bond motifs is 1. The first-order chi connectivity index (χ1) is 15.3. The monoisotopic (exact) mass is 459 g/mol. The van der Waals surface area contributed by atoms with E-state index < -0.39 is 17.8 Å². The van der Waals surface area contributed by atoms with E-state index in [4.69, 9.17) is 9.47 Å². The number of rotatable bonds is 6. The third kappa shape index (κ3) is 5.25. The highest BCUT2D eigenvalue weighted by molar-refractivity contribution is 7.17. The second kappa shape index (κ2) is 10.3. The van der Waals surface area contributed by atoms with Crippen molar-refractivity contribution in [3.05, 3.63) is 39.8 Å². The van der Waals surface area contributed by atoms with Gasteiger partial charge in [0.1, 0.15) is 5.00 Å². The molecule has 0 bridgehead atoms. The molecule has 1 aromatic heterocycles. The van der Waals surface area contributed by atoms with Gasteiger partial charge < -0.3 is 19.9 Å². The van der Waals surface area contributed by atoms with E-state index in [-0.39, 0.29) is 18.1 Å². The number of phenolic OH excluding ortho intramolecular Hbond substituents is 1. The summed E-state index contributed by atoms with van der Waals surface area (Å²) in [6, 6.07) is 4.51. The molecule has 1 atom stereocenters. The standard InChI is InChI=1S/C22H25N3O6S/c1-4-31-22(29)18-14-7-5-12(2)9-17(14)32-21(18)24-19(27)20(28)25-23-11-13-6-8-15(26)16(10-13)30-3/h6,8,10-12,26H,4-5,7,9H2,1-3H3,(H,24,27)(H,25,28)/b23-11-/t12-/m1/s1. The summed E-state index contributed by atoms with van der Waals surface area (Å²) in [7, 11) is 1.41. The third-order valence-electron chi connectivity index (χ3n) is 5.01. The Morgan fingerprint density at radius 1 is 1.31 bits per heavy atom. The Balaban J connectivity index is 1.71. The van der Waals surface area contributed by atoms with Crippen LogP contribution in [0.15, 0.2) is 23.3 Å². The number of aromatic hydroxyl groups is 1. The minimum absolute atomic E-state index is 0.0292. The first kappa shape index (κ1) is 23.3. The van der Waals surface area contributed by atoms with Crippen LogP contribution in [0.25, 0.3) is 0 Å². The van der Waals surface area contributed by atoms with Gasteiger partial charge in [-0.15, -0.1) is 11.3 Å². The number of hydrazone groups is 1. The van der Waals surface area contributed by atoms with E-state index in [1.807, 2.05) is 0 Å². The number of nitrogens with zero attached hydrogens (tertiary/aromatic N) is 1. The number of anilines is 1. The Bertz CT molecular complexity index is 1060. The Morgan fingerprint density at radius 3 is 2.81 bits per heavy atom. The molecule has 2 amide bonds. The number of hydrogen-bond acceptors (Lipinski definition) is 8. The Kier molecular flexibility index (Phi) is 7.47. The lowest BCUT2D eigenvalue weighted by Gasteiger charge is -2.18. The van der Waals surface area contributed by atoms with Crippen LogP contribution in [0.3, 0.4) is 0 Å². The van der Waals surface area contributed by atoms with Gasteiger partial charge >= 0.3 is 17.8 Å². The van der Waals surface area contributed by atoms with Gasteiger partial charge in [-0.3, -0.25) is 9.59 Å². The quantitative estimate of drug-likeness (QED) is 0.264. The summed E-state index contributed by atoms with van der Waals surface area (Å²) >= 11 is 1.30. The number of phenols is 1. The van der Waals surface area contributed by atoms with E-state index in [1.54, 1.807) is 13.0 Å². The average Bonchev–Trinajstić information content (AvgIpc) is 3.11. The van der Waals surface area contributed by atoms with E-state index in [1.165, 1.54) is 36.8 Å². The van der Waals surface area contributed by atoms with Crippen LogP contribution < -0.4 is 15.5 Å². The number of methoxy groups -OCH3 is 1. The van der Waals surface area contributed by atoms with Crippen molar-refractivity contribution in [2.24, 2.45) is 11.0 Å². The molecule has 0 fully saturated rings. The molecule has 1 heterocycles. The predicted molar refractivity (Wildman–Crippen MR) is 120 cm³/mol. The second-order valence-corrected chi connectivity index (χ2v) is 8.47. The molecular weight excluding hydrogens is 434 g/mol. The van der Waals surface area contributed by atoms with Crippen LogP contribution in [0.2, 0.25) is 0 Å². The molecule has 0 saturated heterocycles. The lowest BCUT2D eigenvalue weighted by atomic mass is 9.88. The largest absolute Gasteiger partial charge is 0.504 e. The number of thiophene rings is 1. The van der Waals surface area contributed by atoms with Gasteiger partial charge in [0.25, 0.3) is 0 Å². The zero-order valence-electron chi connectivity index (χ0n) is 18.1. The van der Waals surface area contributed by atoms with Crippen molar-refractivity contribution in [2.75, 3.05) is 19.0 Å². The molecule has 1 aliphatic rings. The summed E-state index contributed by atoms with van der Waals surface area (Å²) in [6.07, 6.45) is 3.79. The molecule has 170 valence electrons. The zero-order valence-corrected chi connectivity index (χ0v) is 18.9. The van der Waals surface area contributed by atoms with Crippen molar-refractivity contribution in [3.8, 4) is 11.5 Å². The van der Waals surface area contributed by atoms with Gasteiger partial charge in [0.05, 0.1) is 25.5 Å². The maximum absolute atomic E-state index is 12.5. The summed E-state index contributed by atoms with van der Waals surface area (Å²) in [4.78, 5) is 38.2. The number of carbonyl (C=O) groups is 3. The summed E-state index contributed by atoms with van der Waals surface area (Å²) in [5.74, 6) is -1.73. The molecule has 3 rings (SSSR count). The predicted octanol–water partition coefficient (Wildman–Crippen LogP) is 2.85. The van der Waals surface area contributed by atoms with Crippen LogP contribution in [-0.2, 0) is 27.2 Å². The van der Waals surface area contributed by atoms with E-state index >= 15 is 0 Å². The number of amides is 2. The number of esters is 1. The Hall–Kier alpha value is -3.40. The van der Waals surface area contributed by atoms with Gasteiger partial charge in [0.2, 0.25) is 0 Å². The molecule has 0 aliphatic heterocycles. The highest BCUT2D eigenvalue weighted by atomic mass is 32.1. The van der Waals surface area contributed by atoms with Crippen molar-refractivity contribution < 1.29 is 29.0 Å². The van der Waals surface area contributed by atoms with Crippen molar-refractivity contribution in [1.82, 2.24) is 5.43 Å². The van der Waals surface area contributed by atoms with Gasteiger partial charge in [-0.1, -0.05) is 6.92 Å². The lowest BCUT2D eigenvalue weighted by molar-refractivity contribution is -0.136. The van der Waals surface area contributed by atoms with Crippen molar-refractivity contribution >= 4 is 40.3 Å². The highest BCUT2D eigenvalue weighted by Gasteiger charge is 2.30. The number of ether oxygens (including phenoxy) is 2. The van der Waals surface area contributed by atoms with Crippen molar-refractivity contribution in [3.63, 3.8) is 0 Å². The molecule has 1 aromatic carbocycles. The smallest absolute Gasteiger partial charge is 0.341 e. The lowest BCUT2D eigenvalue weighted by Crippen LogP contribution is -2.32. The van der Waals surface area contributed by atoms with Crippen molar-refractivity contribution in [2.45, 2.75) is 33.1 Å². The molecule has 2 aromatic rings. The zero-order chi connectivity index (χ0) is 23.3.